The summed E-state index contributed by atoms with van der Waals surface area (Å²) in [6.45, 7) is 4.07. The molecule has 0 aliphatic heterocycles. The van der Waals surface area contributed by atoms with Gasteiger partial charge in [-0.15, -0.1) is 11.3 Å². The summed E-state index contributed by atoms with van der Waals surface area (Å²) in [5.74, 6) is -1.19. The molecular weight excluding hydrogens is 300 g/mol. The van der Waals surface area contributed by atoms with Crippen molar-refractivity contribution in [1.29, 1.82) is 0 Å². The van der Waals surface area contributed by atoms with Gasteiger partial charge in [0.15, 0.2) is 0 Å². The van der Waals surface area contributed by atoms with E-state index in [1.165, 1.54) is 11.3 Å². The molecule has 1 aromatic rings. The molecule has 0 spiro atoms. The first-order valence-corrected chi connectivity index (χ1v) is 8.80. The molecule has 0 radical (unpaired) electrons. The third-order valence-electron chi connectivity index (χ3n) is 4.14. The summed E-state index contributed by atoms with van der Waals surface area (Å²) in [5.41, 5.74) is 0. The van der Waals surface area contributed by atoms with Crippen molar-refractivity contribution < 1.29 is 14.7 Å². The van der Waals surface area contributed by atoms with Crippen LogP contribution in [-0.2, 0) is 4.79 Å². The lowest BCUT2D eigenvalue weighted by Gasteiger charge is -2.27. The summed E-state index contributed by atoms with van der Waals surface area (Å²) in [7, 11) is 0. The van der Waals surface area contributed by atoms with Gasteiger partial charge >= 0.3 is 5.97 Å². The monoisotopic (exact) mass is 324 g/mol. The van der Waals surface area contributed by atoms with Crippen LogP contribution in [0.3, 0.4) is 0 Å². The highest BCUT2D eigenvalue weighted by atomic mass is 32.1. The molecular formula is C16H24N2O3S. The zero-order valence-corrected chi connectivity index (χ0v) is 14.0. The molecule has 1 amide bonds. The van der Waals surface area contributed by atoms with E-state index >= 15 is 0 Å². The van der Waals surface area contributed by atoms with Crippen LogP contribution in [0.15, 0.2) is 6.20 Å². The normalized spacial score (nSPS) is 22.9. The first-order valence-electron chi connectivity index (χ1n) is 7.98. The van der Waals surface area contributed by atoms with Gasteiger partial charge in [-0.2, -0.15) is 0 Å². The second-order valence-electron chi connectivity index (χ2n) is 6.23. The van der Waals surface area contributed by atoms with Gasteiger partial charge in [0.25, 0.3) is 5.91 Å². The Morgan fingerprint density at radius 2 is 1.95 bits per heavy atom. The van der Waals surface area contributed by atoms with E-state index in [0.29, 0.717) is 17.2 Å². The molecule has 1 saturated carbocycles. The Morgan fingerprint density at radius 1 is 1.27 bits per heavy atom. The average molecular weight is 324 g/mol. The van der Waals surface area contributed by atoms with Crippen LogP contribution in [0, 0.1) is 5.92 Å². The first-order chi connectivity index (χ1) is 10.5. The van der Waals surface area contributed by atoms with Crippen molar-refractivity contribution in [2.75, 3.05) is 0 Å². The summed E-state index contributed by atoms with van der Waals surface area (Å²) in [6.07, 6.45) is 7.04. The second-order valence-corrected chi connectivity index (χ2v) is 7.30. The summed E-state index contributed by atoms with van der Waals surface area (Å²) in [4.78, 5) is 28.7. The number of nitrogens with one attached hydrogen (secondary N) is 1. The largest absolute Gasteiger partial charge is 0.481 e. The standard InChI is InChI=1S/C16H24N2O3S/c1-10(2)15-17-9-13(22-15)14(19)18-12-8-6-4-3-5-7-11(12)16(20)21/h9-12H,3-8H2,1-2H3,(H,18,19)(H,20,21). The van der Waals surface area contributed by atoms with Crippen molar-refractivity contribution in [1.82, 2.24) is 10.3 Å². The number of carboxylic acid groups (broad SMARTS) is 1. The van der Waals surface area contributed by atoms with Crippen molar-refractivity contribution in [3.05, 3.63) is 16.1 Å². The van der Waals surface area contributed by atoms with E-state index in [1.54, 1.807) is 6.20 Å². The molecule has 1 fully saturated rings. The van der Waals surface area contributed by atoms with Gasteiger partial charge in [0.05, 0.1) is 17.1 Å². The topological polar surface area (TPSA) is 79.3 Å². The zero-order chi connectivity index (χ0) is 16.1. The van der Waals surface area contributed by atoms with Crippen LogP contribution in [0.1, 0.15) is 73.0 Å². The number of aromatic nitrogens is 1. The number of carbonyl (C=O) groups is 2. The van der Waals surface area contributed by atoms with Crippen LogP contribution in [0.4, 0.5) is 0 Å². The van der Waals surface area contributed by atoms with Crippen molar-refractivity contribution in [3.63, 3.8) is 0 Å². The first kappa shape index (κ1) is 16.9. The quantitative estimate of drug-likeness (QED) is 0.889. The van der Waals surface area contributed by atoms with E-state index in [4.69, 9.17) is 0 Å². The third kappa shape index (κ3) is 4.29. The molecule has 0 bridgehead atoms. The van der Waals surface area contributed by atoms with E-state index in [9.17, 15) is 14.7 Å². The van der Waals surface area contributed by atoms with Crippen LogP contribution in [0.5, 0.6) is 0 Å². The Balaban J connectivity index is 2.06. The Labute approximate surface area is 135 Å². The van der Waals surface area contributed by atoms with Gasteiger partial charge < -0.3 is 10.4 Å². The van der Waals surface area contributed by atoms with E-state index in [2.05, 4.69) is 10.3 Å². The molecule has 2 N–H and O–H groups in total. The molecule has 2 atom stereocenters. The Bertz CT molecular complexity index is 527. The fraction of sp³-hybridized carbons (Fsp3) is 0.688. The number of carbonyl (C=O) groups excluding carboxylic acids is 1. The van der Waals surface area contributed by atoms with E-state index in [0.717, 1.165) is 37.1 Å². The molecule has 2 unspecified atom stereocenters. The van der Waals surface area contributed by atoms with Gasteiger partial charge in [0, 0.05) is 12.0 Å². The molecule has 5 nitrogen and oxygen atoms in total. The summed E-state index contributed by atoms with van der Waals surface area (Å²) in [5, 5.41) is 13.3. The summed E-state index contributed by atoms with van der Waals surface area (Å²) < 4.78 is 0. The maximum Gasteiger partial charge on any atom is 0.308 e. The number of amides is 1. The van der Waals surface area contributed by atoms with E-state index in [-0.39, 0.29) is 11.9 Å². The lowest BCUT2D eigenvalue weighted by molar-refractivity contribution is -0.143. The van der Waals surface area contributed by atoms with Crippen LogP contribution in [0.2, 0.25) is 0 Å². The summed E-state index contributed by atoms with van der Waals surface area (Å²) >= 11 is 1.39. The zero-order valence-electron chi connectivity index (χ0n) is 13.2. The summed E-state index contributed by atoms with van der Waals surface area (Å²) in [6, 6.07) is -0.283. The van der Waals surface area contributed by atoms with Crippen LogP contribution in [0.25, 0.3) is 0 Å². The van der Waals surface area contributed by atoms with E-state index in [1.807, 2.05) is 13.8 Å². The molecule has 1 aliphatic carbocycles. The fourth-order valence-corrected chi connectivity index (χ4v) is 3.68. The Kier molecular flexibility index (Phi) is 5.94. The minimum atomic E-state index is -0.806. The fourth-order valence-electron chi connectivity index (χ4n) is 2.85. The van der Waals surface area contributed by atoms with Crippen molar-refractivity contribution in [2.24, 2.45) is 5.92 Å². The number of hydrogen-bond acceptors (Lipinski definition) is 4. The molecule has 0 aromatic carbocycles. The van der Waals surface area contributed by atoms with Gasteiger partial charge in [-0.1, -0.05) is 39.5 Å². The SMILES string of the molecule is CC(C)c1ncc(C(=O)NC2CCCCCCC2C(=O)O)s1. The molecule has 1 aliphatic rings. The second kappa shape index (κ2) is 7.72. The lowest BCUT2D eigenvalue weighted by Crippen LogP contribution is -2.43. The highest BCUT2D eigenvalue weighted by Crippen LogP contribution is 2.25. The minimum Gasteiger partial charge on any atom is -0.481 e. The maximum atomic E-state index is 12.4. The number of thiazole rings is 1. The molecule has 1 heterocycles. The highest BCUT2D eigenvalue weighted by Gasteiger charge is 2.30. The molecule has 6 heteroatoms. The molecule has 2 rings (SSSR count). The smallest absolute Gasteiger partial charge is 0.308 e. The number of nitrogens with zero attached hydrogens (tertiary/aromatic N) is 1. The van der Waals surface area contributed by atoms with Gasteiger partial charge in [0.1, 0.15) is 4.88 Å². The number of aliphatic carboxylic acids is 1. The van der Waals surface area contributed by atoms with Gasteiger partial charge in [0.2, 0.25) is 0 Å². The predicted octanol–water partition coefficient (Wildman–Crippen LogP) is 3.42. The van der Waals surface area contributed by atoms with E-state index < -0.39 is 11.9 Å². The van der Waals surface area contributed by atoms with Crippen molar-refractivity contribution in [3.8, 4) is 0 Å². The van der Waals surface area contributed by atoms with Crippen LogP contribution < -0.4 is 5.32 Å². The van der Waals surface area contributed by atoms with Crippen LogP contribution in [-0.4, -0.2) is 28.0 Å². The Hall–Kier alpha value is -1.43. The van der Waals surface area contributed by atoms with Crippen LogP contribution >= 0.6 is 11.3 Å². The Morgan fingerprint density at radius 3 is 2.55 bits per heavy atom. The highest BCUT2D eigenvalue weighted by molar-refractivity contribution is 7.13. The van der Waals surface area contributed by atoms with Crippen molar-refractivity contribution in [2.45, 2.75) is 64.3 Å². The molecule has 1 aromatic heterocycles. The predicted molar refractivity (Wildman–Crippen MR) is 86.3 cm³/mol. The number of carboxylic acids is 1. The lowest BCUT2D eigenvalue weighted by atomic mass is 9.87. The molecule has 22 heavy (non-hydrogen) atoms. The average Bonchev–Trinajstić information content (AvgIpc) is 2.91. The van der Waals surface area contributed by atoms with Crippen molar-refractivity contribution >= 4 is 23.2 Å². The van der Waals surface area contributed by atoms with Gasteiger partial charge in [-0.25, -0.2) is 4.98 Å². The molecule has 122 valence electrons. The minimum absolute atomic E-state index is 0.193. The van der Waals surface area contributed by atoms with Gasteiger partial charge in [-0.3, -0.25) is 9.59 Å². The van der Waals surface area contributed by atoms with Gasteiger partial charge in [-0.05, 0) is 12.8 Å². The number of hydrogen-bond donors (Lipinski definition) is 2. The maximum absolute atomic E-state index is 12.4. The number of rotatable bonds is 4. The third-order valence-corrected chi connectivity index (χ3v) is 5.44. The molecule has 0 saturated heterocycles.